The second-order valence-corrected chi connectivity index (χ2v) is 9.00. The Labute approximate surface area is 193 Å². The molecule has 1 aromatic rings. The van der Waals surface area contributed by atoms with E-state index < -0.39 is 0 Å². The van der Waals surface area contributed by atoms with Crippen LogP contribution in [0.3, 0.4) is 0 Å². The maximum Gasteiger partial charge on any atom is 0.230 e. The van der Waals surface area contributed by atoms with Crippen LogP contribution in [0.1, 0.15) is 46.1 Å². The van der Waals surface area contributed by atoms with Crippen LogP contribution in [0.15, 0.2) is 66.7 Å². The standard InChI is InChI=1S/C27H37N3O2/c1-7-22-19-27(5,6)30(26(31)21-11-13-23(14-12-21)32-9-3)17-16-28-24-18-20(4)10-15-25(24)29(22)8-2/h7-8,10-11,13-15,18,21,28H,2,9,12,16-17,19H2,1,3-6H3. The molecule has 5 heteroatoms. The molecule has 5 nitrogen and oxygen atoms in total. The number of hydrogen-bond acceptors (Lipinski definition) is 4. The quantitative estimate of drug-likeness (QED) is 0.652. The third kappa shape index (κ3) is 5.09. The number of hydrogen-bond donors (Lipinski definition) is 1. The number of amides is 1. The molecule has 3 rings (SSSR count). The molecule has 1 aromatic carbocycles. The SMILES string of the molecule is C=CN1C(=CC)CC(C)(C)N(C(=O)C2C=CC(OCC)=CC2)CCNc2cc(C)ccc21. The van der Waals surface area contributed by atoms with Crippen molar-refractivity contribution in [3.8, 4) is 0 Å². The first kappa shape index (κ1) is 23.7. The van der Waals surface area contributed by atoms with E-state index in [2.05, 4.69) is 61.8 Å². The molecule has 2 aliphatic rings. The predicted molar refractivity (Wildman–Crippen MR) is 133 cm³/mol. The molecule has 1 heterocycles. The Kier molecular flexibility index (Phi) is 7.49. The van der Waals surface area contributed by atoms with Crippen LogP contribution in [-0.2, 0) is 9.53 Å². The van der Waals surface area contributed by atoms with Gasteiger partial charge in [0.1, 0.15) is 5.76 Å². The van der Waals surface area contributed by atoms with Crippen LogP contribution in [0.2, 0.25) is 0 Å². The van der Waals surface area contributed by atoms with Crippen molar-refractivity contribution >= 4 is 17.3 Å². The number of aryl methyl sites for hydroxylation is 1. The Morgan fingerprint density at radius 1 is 1.38 bits per heavy atom. The second kappa shape index (κ2) is 10.1. The van der Waals surface area contributed by atoms with E-state index in [9.17, 15) is 4.79 Å². The zero-order valence-corrected chi connectivity index (χ0v) is 20.1. The van der Waals surface area contributed by atoms with Crippen molar-refractivity contribution < 1.29 is 9.53 Å². The lowest BCUT2D eigenvalue weighted by Gasteiger charge is -2.43. The van der Waals surface area contributed by atoms with Crippen LogP contribution in [0.5, 0.6) is 0 Å². The Morgan fingerprint density at radius 3 is 2.78 bits per heavy atom. The number of nitrogens with one attached hydrogen (secondary N) is 1. The van der Waals surface area contributed by atoms with Gasteiger partial charge in [-0.05, 0) is 70.9 Å². The van der Waals surface area contributed by atoms with Gasteiger partial charge < -0.3 is 19.9 Å². The van der Waals surface area contributed by atoms with E-state index in [1.165, 1.54) is 5.56 Å². The summed E-state index contributed by atoms with van der Waals surface area (Å²) >= 11 is 0. The Morgan fingerprint density at radius 2 is 2.16 bits per heavy atom. The highest BCUT2D eigenvalue weighted by Crippen LogP contribution is 2.36. The highest BCUT2D eigenvalue weighted by molar-refractivity contribution is 5.82. The lowest BCUT2D eigenvalue weighted by atomic mass is 9.90. The zero-order valence-electron chi connectivity index (χ0n) is 20.1. The van der Waals surface area contributed by atoms with E-state index in [0.717, 1.165) is 29.3 Å². The summed E-state index contributed by atoms with van der Waals surface area (Å²) in [4.78, 5) is 17.8. The number of allylic oxidation sites excluding steroid dienone is 3. The third-order valence-electron chi connectivity index (χ3n) is 6.19. The number of ether oxygens (including phenoxy) is 1. The molecular formula is C27H37N3O2. The van der Waals surface area contributed by atoms with E-state index in [1.54, 1.807) is 0 Å². The van der Waals surface area contributed by atoms with Crippen molar-refractivity contribution in [3.05, 3.63) is 72.3 Å². The lowest BCUT2D eigenvalue weighted by Crippen LogP contribution is -2.52. The van der Waals surface area contributed by atoms with Gasteiger partial charge in [0.25, 0.3) is 0 Å². The van der Waals surface area contributed by atoms with Crippen LogP contribution >= 0.6 is 0 Å². The summed E-state index contributed by atoms with van der Waals surface area (Å²) in [5, 5.41) is 3.57. The summed E-state index contributed by atoms with van der Waals surface area (Å²) in [5.74, 6) is 0.842. The molecule has 1 atom stereocenters. The fraction of sp³-hybridized carbons (Fsp3) is 0.444. The Hall–Kier alpha value is -2.95. The average molecular weight is 436 g/mol. The summed E-state index contributed by atoms with van der Waals surface area (Å²) in [6.45, 7) is 16.4. The van der Waals surface area contributed by atoms with Crippen LogP contribution in [0.4, 0.5) is 11.4 Å². The fourth-order valence-corrected chi connectivity index (χ4v) is 4.51. The molecule has 0 saturated heterocycles. The van der Waals surface area contributed by atoms with Crippen molar-refractivity contribution in [2.45, 2.75) is 53.0 Å². The van der Waals surface area contributed by atoms with Gasteiger partial charge >= 0.3 is 0 Å². The number of nitrogens with zero attached hydrogens (tertiary/aromatic N) is 2. The molecule has 1 aliphatic carbocycles. The van der Waals surface area contributed by atoms with Crippen molar-refractivity contribution in [2.24, 2.45) is 5.92 Å². The van der Waals surface area contributed by atoms with Gasteiger partial charge in [-0.25, -0.2) is 0 Å². The molecule has 172 valence electrons. The van der Waals surface area contributed by atoms with Crippen molar-refractivity contribution in [1.29, 1.82) is 0 Å². The number of anilines is 2. The minimum atomic E-state index is -0.359. The molecule has 1 unspecified atom stereocenters. The Bertz CT molecular complexity index is 942. The molecule has 1 amide bonds. The molecule has 0 aromatic heterocycles. The second-order valence-electron chi connectivity index (χ2n) is 9.00. The van der Waals surface area contributed by atoms with Gasteiger partial charge in [-0.15, -0.1) is 0 Å². The maximum absolute atomic E-state index is 13.7. The van der Waals surface area contributed by atoms with Gasteiger partial charge in [-0.2, -0.15) is 0 Å². The topological polar surface area (TPSA) is 44.8 Å². The molecule has 0 saturated carbocycles. The van der Waals surface area contributed by atoms with E-state index in [-0.39, 0.29) is 17.4 Å². The number of fused-ring (bicyclic) bond motifs is 1. The fourth-order valence-electron chi connectivity index (χ4n) is 4.51. The molecule has 32 heavy (non-hydrogen) atoms. The normalized spacial score (nSPS) is 22.0. The predicted octanol–water partition coefficient (Wildman–Crippen LogP) is 5.77. The van der Waals surface area contributed by atoms with Crippen LogP contribution < -0.4 is 10.2 Å². The van der Waals surface area contributed by atoms with Gasteiger partial charge in [0.2, 0.25) is 5.91 Å². The highest BCUT2D eigenvalue weighted by Gasteiger charge is 2.36. The van der Waals surface area contributed by atoms with E-state index in [4.69, 9.17) is 4.74 Å². The number of carbonyl (C=O) groups is 1. The summed E-state index contributed by atoms with van der Waals surface area (Å²) in [6, 6.07) is 6.41. The molecule has 0 fully saturated rings. The first-order valence-corrected chi connectivity index (χ1v) is 11.5. The van der Waals surface area contributed by atoms with Gasteiger partial charge in [-0.3, -0.25) is 4.79 Å². The summed E-state index contributed by atoms with van der Waals surface area (Å²) in [7, 11) is 0. The minimum Gasteiger partial charge on any atom is -0.494 e. The first-order valence-electron chi connectivity index (χ1n) is 11.5. The molecule has 0 bridgehead atoms. The summed E-state index contributed by atoms with van der Waals surface area (Å²) in [5.41, 5.74) is 4.09. The Balaban J connectivity index is 1.92. The number of benzene rings is 1. The monoisotopic (exact) mass is 435 g/mol. The van der Waals surface area contributed by atoms with Crippen LogP contribution in [-0.4, -0.2) is 36.0 Å². The third-order valence-corrected chi connectivity index (χ3v) is 6.19. The molecule has 1 aliphatic heterocycles. The molecular weight excluding hydrogens is 398 g/mol. The first-order chi connectivity index (χ1) is 15.3. The van der Waals surface area contributed by atoms with E-state index in [1.807, 2.05) is 43.2 Å². The smallest absolute Gasteiger partial charge is 0.230 e. The molecule has 0 radical (unpaired) electrons. The maximum atomic E-state index is 13.7. The minimum absolute atomic E-state index is 0.158. The van der Waals surface area contributed by atoms with Crippen molar-refractivity contribution in [1.82, 2.24) is 4.90 Å². The lowest BCUT2D eigenvalue weighted by molar-refractivity contribution is -0.139. The van der Waals surface area contributed by atoms with Gasteiger partial charge in [0.15, 0.2) is 0 Å². The zero-order chi connectivity index (χ0) is 23.3. The number of carbonyl (C=O) groups excluding carboxylic acids is 1. The van der Waals surface area contributed by atoms with Crippen molar-refractivity contribution in [2.75, 3.05) is 29.9 Å². The average Bonchev–Trinajstić information content (AvgIpc) is 2.77. The number of rotatable bonds is 4. The summed E-state index contributed by atoms with van der Waals surface area (Å²) in [6.07, 6.45) is 11.3. The van der Waals surface area contributed by atoms with Crippen molar-refractivity contribution in [3.63, 3.8) is 0 Å². The van der Waals surface area contributed by atoms with Gasteiger partial charge in [-0.1, -0.05) is 24.8 Å². The van der Waals surface area contributed by atoms with E-state index >= 15 is 0 Å². The van der Waals surface area contributed by atoms with Crippen LogP contribution in [0, 0.1) is 12.8 Å². The van der Waals surface area contributed by atoms with Crippen LogP contribution in [0.25, 0.3) is 0 Å². The highest BCUT2D eigenvalue weighted by atomic mass is 16.5. The van der Waals surface area contributed by atoms with Gasteiger partial charge in [0.05, 0.1) is 23.9 Å². The van der Waals surface area contributed by atoms with Gasteiger partial charge in [0, 0.05) is 36.9 Å². The summed E-state index contributed by atoms with van der Waals surface area (Å²) < 4.78 is 5.58. The van der Waals surface area contributed by atoms with E-state index in [0.29, 0.717) is 26.1 Å². The largest absolute Gasteiger partial charge is 0.494 e. The molecule has 1 N–H and O–H groups in total. The molecule has 0 spiro atoms.